The number of carbonyl (C=O) groups is 2. The summed E-state index contributed by atoms with van der Waals surface area (Å²) >= 11 is 9.26. The maximum absolute atomic E-state index is 12.4. The molecule has 0 saturated heterocycles. The quantitative estimate of drug-likeness (QED) is 0.426. The summed E-state index contributed by atoms with van der Waals surface area (Å²) in [6, 6.07) is 12.2. The molecule has 3 N–H and O–H groups in total. The molecule has 168 valence electrons. The number of amides is 2. The van der Waals surface area contributed by atoms with E-state index < -0.39 is 27.9 Å². The Morgan fingerprint density at radius 2 is 1.81 bits per heavy atom. The smallest absolute Gasteiger partial charge is 0.388 e. The number of nitrogens with zero attached hydrogens (tertiary/aromatic N) is 1. The first kappa shape index (κ1) is 23.8. The van der Waals surface area contributed by atoms with E-state index in [1.165, 1.54) is 12.1 Å². The van der Waals surface area contributed by atoms with E-state index in [-0.39, 0.29) is 31.7 Å². The zero-order valence-corrected chi connectivity index (χ0v) is 20.0. The van der Waals surface area contributed by atoms with Crippen LogP contribution in [0.25, 0.3) is 0 Å². The number of hydrogen-bond acceptors (Lipinski definition) is 6. The predicted molar refractivity (Wildman–Crippen MR) is 123 cm³/mol. The molecule has 0 radical (unpaired) electrons. The molecule has 1 atom stereocenters. The van der Waals surface area contributed by atoms with Crippen LogP contribution in [0.15, 0.2) is 57.9 Å². The normalized spacial score (nSPS) is 12.1. The highest BCUT2D eigenvalue weighted by Crippen LogP contribution is 2.30. The molecule has 0 saturated carbocycles. The van der Waals surface area contributed by atoms with Gasteiger partial charge in [0.05, 0.1) is 21.5 Å². The number of nitrogens with one attached hydrogen (secondary N) is 3. The van der Waals surface area contributed by atoms with Crippen molar-refractivity contribution in [3.05, 3.63) is 69.2 Å². The lowest BCUT2D eigenvalue weighted by atomic mass is 10.1. The number of aromatic nitrogens is 2. The van der Waals surface area contributed by atoms with Gasteiger partial charge in [0.15, 0.2) is 9.84 Å². The number of benzene rings is 2. The molecule has 0 aliphatic carbocycles. The summed E-state index contributed by atoms with van der Waals surface area (Å²) in [5, 5.41) is 12.0. The summed E-state index contributed by atoms with van der Waals surface area (Å²) in [5.74, 6) is -0.374. The van der Waals surface area contributed by atoms with Gasteiger partial charge >= 0.3 is 6.09 Å². The minimum atomic E-state index is -3.31. The standard InChI is InChI=1S/C20H18BrClN4O5S/c1-11(12-7-9-13(10-8-12)32(2,29)30)23-20(28)31-19-16(21)17(25-26-19)24-18(27)14-5-3-4-6-15(14)22/h3-11H,1-2H3,(H,23,28)(H2,24,25,26,27). The van der Waals surface area contributed by atoms with Crippen LogP contribution in [0.5, 0.6) is 5.88 Å². The zero-order chi connectivity index (χ0) is 23.5. The molecule has 3 aromatic rings. The van der Waals surface area contributed by atoms with Gasteiger partial charge < -0.3 is 15.4 Å². The summed E-state index contributed by atoms with van der Waals surface area (Å²) in [7, 11) is -3.31. The lowest BCUT2D eigenvalue weighted by Crippen LogP contribution is -2.29. The Hall–Kier alpha value is -2.89. The van der Waals surface area contributed by atoms with Crippen molar-refractivity contribution in [3.8, 4) is 5.88 Å². The molecule has 32 heavy (non-hydrogen) atoms. The van der Waals surface area contributed by atoms with Crippen LogP contribution >= 0.6 is 27.5 Å². The third-order valence-electron chi connectivity index (χ3n) is 4.37. The van der Waals surface area contributed by atoms with Gasteiger partial charge in [0.25, 0.3) is 11.8 Å². The van der Waals surface area contributed by atoms with E-state index in [0.29, 0.717) is 5.56 Å². The maximum atomic E-state index is 12.4. The van der Waals surface area contributed by atoms with Crippen molar-refractivity contribution in [3.63, 3.8) is 0 Å². The minimum Gasteiger partial charge on any atom is -0.388 e. The second-order valence-electron chi connectivity index (χ2n) is 6.75. The first-order chi connectivity index (χ1) is 15.1. The number of aromatic amines is 1. The van der Waals surface area contributed by atoms with Crippen LogP contribution in [0.4, 0.5) is 10.6 Å². The van der Waals surface area contributed by atoms with E-state index in [1.54, 1.807) is 43.3 Å². The zero-order valence-electron chi connectivity index (χ0n) is 16.8. The summed E-state index contributed by atoms with van der Waals surface area (Å²) in [4.78, 5) is 24.8. The molecular formula is C20H18BrClN4O5S. The molecule has 3 rings (SSSR count). The molecule has 2 aromatic carbocycles. The molecule has 0 aliphatic heterocycles. The average Bonchev–Trinajstić information content (AvgIpc) is 3.06. The Morgan fingerprint density at radius 1 is 1.16 bits per heavy atom. The summed E-state index contributed by atoms with van der Waals surface area (Å²) in [5.41, 5.74) is 0.953. The summed E-state index contributed by atoms with van der Waals surface area (Å²) < 4.78 is 28.5. The highest BCUT2D eigenvalue weighted by molar-refractivity contribution is 9.10. The van der Waals surface area contributed by atoms with Crippen molar-refractivity contribution in [2.75, 3.05) is 11.6 Å². The van der Waals surface area contributed by atoms with Crippen molar-refractivity contribution in [1.82, 2.24) is 15.5 Å². The third kappa shape index (κ3) is 5.67. The largest absolute Gasteiger partial charge is 0.414 e. The molecular weight excluding hydrogens is 524 g/mol. The second kappa shape index (κ2) is 9.72. The Kier molecular flexibility index (Phi) is 7.22. The van der Waals surface area contributed by atoms with Gasteiger partial charge in [0.2, 0.25) is 0 Å². The fraction of sp³-hybridized carbons (Fsp3) is 0.150. The van der Waals surface area contributed by atoms with Crippen molar-refractivity contribution >= 4 is 55.2 Å². The van der Waals surface area contributed by atoms with Gasteiger partial charge in [-0.1, -0.05) is 35.9 Å². The van der Waals surface area contributed by atoms with Gasteiger partial charge in [0.1, 0.15) is 10.3 Å². The molecule has 0 spiro atoms. The molecule has 0 aliphatic rings. The van der Waals surface area contributed by atoms with E-state index in [1.807, 2.05) is 0 Å². The topological polar surface area (TPSA) is 130 Å². The van der Waals surface area contributed by atoms with Gasteiger partial charge in [-0.05, 0) is 52.7 Å². The number of carbonyl (C=O) groups excluding carboxylic acids is 2. The van der Waals surface area contributed by atoms with Crippen LogP contribution in [-0.2, 0) is 9.84 Å². The third-order valence-corrected chi connectivity index (χ3v) is 6.56. The number of anilines is 1. The molecule has 12 heteroatoms. The van der Waals surface area contributed by atoms with E-state index in [4.69, 9.17) is 16.3 Å². The van der Waals surface area contributed by atoms with Gasteiger partial charge in [-0.25, -0.2) is 13.2 Å². The van der Waals surface area contributed by atoms with Crippen molar-refractivity contribution in [1.29, 1.82) is 0 Å². The maximum Gasteiger partial charge on any atom is 0.414 e. The predicted octanol–water partition coefficient (Wildman–Crippen LogP) is 4.33. The van der Waals surface area contributed by atoms with Crippen LogP contribution < -0.4 is 15.4 Å². The number of sulfone groups is 1. The van der Waals surface area contributed by atoms with Crippen molar-refractivity contribution in [2.24, 2.45) is 0 Å². The fourth-order valence-corrected chi connectivity index (χ4v) is 3.88. The van der Waals surface area contributed by atoms with E-state index in [9.17, 15) is 18.0 Å². The van der Waals surface area contributed by atoms with E-state index in [0.717, 1.165) is 6.26 Å². The van der Waals surface area contributed by atoms with Crippen molar-refractivity contribution in [2.45, 2.75) is 17.9 Å². The van der Waals surface area contributed by atoms with Gasteiger partial charge in [-0.2, -0.15) is 0 Å². The molecule has 1 heterocycles. The second-order valence-corrected chi connectivity index (χ2v) is 9.96. The average molecular weight is 542 g/mol. The highest BCUT2D eigenvalue weighted by atomic mass is 79.9. The van der Waals surface area contributed by atoms with Crippen molar-refractivity contribution < 1.29 is 22.7 Å². The Morgan fingerprint density at radius 3 is 2.44 bits per heavy atom. The first-order valence-electron chi connectivity index (χ1n) is 9.14. The Labute approximate surface area is 197 Å². The number of H-pyrrole nitrogens is 1. The number of halogens is 2. The number of ether oxygens (including phenoxy) is 1. The molecule has 0 bridgehead atoms. The van der Waals surface area contributed by atoms with Crippen LogP contribution in [-0.4, -0.2) is 36.9 Å². The van der Waals surface area contributed by atoms with Crippen LogP contribution in [0.2, 0.25) is 5.02 Å². The van der Waals surface area contributed by atoms with E-state index in [2.05, 4.69) is 36.8 Å². The lowest BCUT2D eigenvalue weighted by molar-refractivity contribution is 0.102. The van der Waals surface area contributed by atoms with Crippen LogP contribution in [0.1, 0.15) is 28.9 Å². The van der Waals surface area contributed by atoms with Gasteiger partial charge in [-0.15, -0.1) is 5.10 Å². The first-order valence-corrected chi connectivity index (χ1v) is 12.2. The molecule has 2 amide bonds. The Balaban J connectivity index is 1.63. The van der Waals surface area contributed by atoms with E-state index >= 15 is 0 Å². The number of rotatable bonds is 6. The van der Waals surface area contributed by atoms with Gasteiger partial charge in [-0.3, -0.25) is 9.89 Å². The van der Waals surface area contributed by atoms with Crippen LogP contribution in [0, 0.1) is 0 Å². The number of hydrogen-bond donors (Lipinski definition) is 3. The molecule has 0 fully saturated rings. The van der Waals surface area contributed by atoms with Crippen LogP contribution in [0.3, 0.4) is 0 Å². The molecule has 1 unspecified atom stereocenters. The monoisotopic (exact) mass is 540 g/mol. The lowest BCUT2D eigenvalue weighted by Gasteiger charge is -2.14. The minimum absolute atomic E-state index is 0.0865. The molecule has 9 nitrogen and oxygen atoms in total. The summed E-state index contributed by atoms with van der Waals surface area (Å²) in [6.45, 7) is 1.71. The Bertz CT molecular complexity index is 1260. The van der Waals surface area contributed by atoms with Gasteiger partial charge in [0, 0.05) is 6.26 Å². The summed E-state index contributed by atoms with van der Waals surface area (Å²) in [6.07, 6.45) is 0.328. The SMILES string of the molecule is CC(NC(=O)Oc1n[nH]c(NC(=O)c2ccccc2Cl)c1Br)c1ccc(S(C)(=O)=O)cc1. The highest BCUT2D eigenvalue weighted by Gasteiger charge is 2.20. The fourth-order valence-electron chi connectivity index (χ4n) is 2.67. The molecule has 1 aromatic heterocycles.